The molecule has 2 aromatic heterocycles. The van der Waals surface area contributed by atoms with Gasteiger partial charge in [-0.3, -0.25) is 10.4 Å². The van der Waals surface area contributed by atoms with Gasteiger partial charge in [0, 0.05) is 11.9 Å². The SMILES string of the molecule is C=C(N/N=C(\N)c1occc1C)SCc1ccccn1. The van der Waals surface area contributed by atoms with Crippen LogP contribution in [-0.4, -0.2) is 10.8 Å². The van der Waals surface area contributed by atoms with Gasteiger partial charge in [0.25, 0.3) is 0 Å². The number of aromatic nitrogens is 1. The number of nitrogens with one attached hydrogen (secondary N) is 1. The summed E-state index contributed by atoms with van der Waals surface area (Å²) in [6.07, 6.45) is 3.35. The van der Waals surface area contributed by atoms with Crippen LogP contribution >= 0.6 is 11.8 Å². The maximum atomic E-state index is 5.83. The number of thioether (sulfide) groups is 1. The van der Waals surface area contributed by atoms with Gasteiger partial charge in [-0.1, -0.05) is 12.6 Å². The number of nitrogens with zero attached hydrogens (tertiary/aromatic N) is 2. The Morgan fingerprint density at radius 1 is 1.50 bits per heavy atom. The zero-order valence-electron chi connectivity index (χ0n) is 11.2. The maximum Gasteiger partial charge on any atom is 0.187 e. The quantitative estimate of drug-likeness (QED) is 0.485. The molecule has 5 nitrogen and oxygen atoms in total. The second kappa shape index (κ2) is 6.81. The number of hydrogen-bond donors (Lipinski definition) is 2. The number of pyridine rings is 1. The summed E-state index contributed by atoms with van der Waals surface area (Å²) in [5.74, 6) is 1.59. The van der Waals surface area contributed by atoms with E-state index in [4.69, 9.17) is 10.2 Å². The first kappa shape index (κ1) is 14.2. The molecule has 0 unspecified atom stereocenters. The van der Waals surface area contributed by atoms with Crippen molar-refractivity contribution in [3.8, 4) is 0 Å². The molecule has 0 radical (unpaired) electrons. The fourth-order valence-electron chi connectivity index (χ4n) is 1.49. The third-order valence-electron chi connectivity index (χ3n) is 2.52. The van der Waals surface area contributed by atoms with Gasteiger partial charge in [-0.15, -0.1) is 11.8 Å². The molecule has 2 heterocycles. The van der Waals surface area contributed by atoms with E-state index in [0.29, 0.717) is 16.6 Å². The molecule has 0 aliphatic carbocycles. The highest BCUT2D eigenvalue weighted by Gasteiger charge is 2.06. The summed E-state index contributed by atoms with van der Waals surface area (Å²) in [7, 11) is 0. The van der Waals surface area contributed by atoms with Gasteiger partial charge in [-0.2, -0.15) is 5.10 Å². The topological polar surface area (TPSA) is 76.4 Å². The summed E-state index contributed by atoms with van der Waals surface area (Å²) >= 11 is 1.51. The molecule has 104 valence electrons. The van der Waals surface area contributed by atoms with E-state index in [-0.39, 0.29) is 0 Å². The summed E-state index contributed by atoms with van der Waals surface area (Å²) in [6.45, 7) is 5.78. The molecule has 0 aromatic carbocycles. The van der Waals surface area contributed by atoms with Crippen LogP contribution in [0.4, 0.5) is 0 Å². The van der Waals surface area contributed by atoms with Crippen LogP contribution < -0.4 is 11.2 Å². The maximum absolute atomic E-state index is 5.83. The van der Waals surface area contributed by atoms with E-state index in [9.17, 15) is 0 Å². The van der Waals surface area contributed by atoms with Crippen LogP contribution in [0.25, 0.3) is 0 Å². The lowest BCUT2D eigenvalue weighted by Gasteiger charge is -2.05. The van der Waals surface area contributed by atoms with Crippen molar-refractivity contribution in [2.75, 3.05) is 0 Å². The van der Waals surface area contributed by atoms with Crippen LogP contribution in [0.1, 0.15) is 17.0 Å². The Morgan fingerprint density at radius 3 is 3.00 bits per heavy atom. The van der Waals surface area contributed by atoms with Crippen molar-refractivity contribution in [2.45, 2.75) is 12.7 Å². The molecule has 2 aromatic rings. The average molecular weight is 288 g/mol. The average Bonchev–Trinajstić information content (AvgIpc) is 2.90. The molecular formula is C14H16N4OS. The second-order valence-electron chi connectivity index (χ2n) is 4.07. The lowest BCUT2D eigenvalue weighted by atomic mass is 10.3. The van der Waals surface area contributed by atoms with Crippen molar-refractivity contribution in [1.82, 2.24) is 10.4 Å². The zero-order chi connectivity index (χ0) is 14.4. The van der Waals surface area contributed by atoms with Crippen molar-refractivity contribution in [2.24, 2.45) is 10.8 Å². The molecule has 6 heteroatoms. The van der Waals surface area contributed by atoms with Gasteiger partial charge in [0.1, 0.15) is 0 Å². The monoisotopic (exact) mass is 288 g/mol. The lowest BCUT2D eigenvalue weighted by Crippen LogP contribution is -2.18. The van der Waals surface area contributed by atoms with Crippen molar-refractivity contribution in [3.05, 3.63) is 65.4 Å². The predicted octanol–water partition coefficient (Wildman–Crippen LogP) is 2.60. The fourth-order valence-corrected chi connectivity index (χ4v) is 2.09. The first-order valence-corrected chi connectivity index (χ1v) is 7.00. The Hall–Kier alpha value is -2.21. The van der Waals surface area contributed by atoms with Gasteiger partial charge in [0.2, 0.25) is 0 Å². The largest absolute Gasteiger partial charge is 0.461 e. The Kier molecular flexibility index (Phi) is 4.84. The van der Waals surface area contributed by atoms with Gasteiger partial charge in [0.15, 0.2) is 11.6 Å². The van der Waals surface area contributed by atoms with Gasteiger partial charge in [-0.25, -0.2) is 0 Å². The molecule has 0 spiro atoms. The first-order chi connectivity index (χ1) is 9.66. The summed E-state index contributed by atoms with van der Waals surface area (Å²) in [4.78, 5) is 4.23. The number of rotatable bonds is 6. The fraction of sp³-hybridized carbons (Fsp3) is 0.143. The van der Waals surface area contributed by atoms with Crippen molar-refractivity contribution in [3.63, 3.8) is 0 Å². The Labute approximate surface area is 122 Å². The van der Waals surface area contributed by atoms with Crippen LogP contribution in [0, 0.1) is 6.92 Å². The third kappa shape index (κ3) is 3.89. The molecule has 0 aliphatic heterocycles. The molecule has 0 saturated carbocycles. The minimum atomic E-state index is 0.298. The standard InChI is InChI=1S/C14H16N4OS/c1-10-6-8-19-13(10)14(15)18-17-11(2)20-9-12-5-3-4-7-16-12/h3-8,17H,2,9H2,1H3,(H2,15,18). The molecule has 3 N–H and O–H groups in total. The van der Waals surface area contributed by atoms with Crippen LogP contribution in [0.3, 0.4) is 0 Å². The number of amidine groups is 1. The van der Waals surface area contributed by atoms with Crippen molar-refractivity contribution in [1.29, 1.82) is 0 Å². The zero-order valence-corrected chi connectivity index (χ0v) is 12.0. The Bertz CT molecular complexity index is 607. The number of nitrogens with two attached hydrogens (primary N) is 1. The minimum absolute atomic E-state index is 0.298. The Balaban J connectivity index is 1.85. The van der Waals surface area contributed by atoms with Gasteiger partial charge in [0.05, 0.1) is 17.0 Å². The normalized spacial score (nSPS) is 11.3. The predicted molar refractivity (Wildman–Crippen MR) is 82.0 cm³/mol. The highest BCUT2D eigenvalue weighted by molar-refractivity contribution is 8.02. The molecule has 20 heavy (non-hydrogen) atoms. The van der Waals surface area contributed by atoms with E-state index in [1.54, 1.807) is 12.5 Å². The van der Waals surface area contributed by atoms with Crippen molar-refractivity contribution < 1.29 is 4.42 Å². The lowest BCUT2D eigenvalue weighted by molar-refractivity contribution is 0.554. The highest BCUT2D eigenvalue weighted by atomic mass is 32.2. The van der Waals surface area contributed by atoms with E-state index < -0.39 is 0 Å². The van der Waals surface area contributed by atoms with Crippen molar-refractivity contribution >= 4 is 17.6 Å². The van der Waals surface area contributed by atoms with E-state index >= 15 is 0 Å². The molecule has 2 rings (SSSR count). The van der Waals surface area contributed by atoms with E-state index in [1.807, 2.05) is 31.2 Å². The second-order valence-corrected chi connectivity index (χ2v) is 5.14. The van der Waals surface area contributed by atoms with Crippen LogP contribution in [-0.2, 0) is 5.75 Å². The molecule has 0 atom stereocenters. The summed E-state index contributed by atoms with van der Waals surface area (Å²) in [6, 6.07) is 7.64. The van der Waals surface area contributed by atoms with Gasteiger partial charge >= 0.3 is 0 Å². The number of hydrazone groups is 1. The smallest absolute Gasteiger partial charge is 0.187 e. The van der Waals surface area contributed by atoms with E-state index in [0.717, 1.165) is 17.0 Å². The van der Waals surface area contributed by atoms with Gasteiger partial charge < -0.3 is 10.2 Å². The number of hydrogen-bond acceptors (Lipinski definition) is 5. The minimum Gasteiger partial charge on any atom is -0.461 e. The highest BCUT2D eigenvalue weighted by Crippen LogP contribution is 2.16. The van der Waals surface area contributed by atoms with Crippen LogP contribution in [0.15, 0.2) is 57.9 Å². The van der Waals surface area contributed by atoms with Crippen LogP contribution in [0.5, 0.6) is 0 Å². The van der Waals surface area contributed by atoms with E-state index in [2.05, 4.69) is 22.1 Å². The summed E-state index contributed by atoms with van der Waals surface area (Å²) in [5.41, 5.74) is 10.6. The Morgan fingerprint density at radius 2 is 2.35 bits per heavy atom. The molecule has 0 fully saturated rings. The molecular weight excluding hydrogens is 272 g/mol. The van der Waals surface area contributed by atoms with Crippen LogP contribution in [0.2, 0.25) is 0 Å². The van der Waals surface area contributed by atoms with E-state index in [1.165, 1.54) is 11.8 Å². The summed E-state index contributed by atoms with van der Waals surface area (Å²) in [5, 5.41) is 4.75. The first-order valence-electron chi connectivity index (χ1n) is 6.02. The number of aryl methyl sites for hydroxylation is 1. The molecule has 0 bridgehead atoms. The molecule has 0 saturated heterocycles. The molecule has 0 aliphatic rings. The summed E-state index contributed by atoms with van der Waals surface area (Å²) < 4.78 is 5.25. The van der Waals surface area contributed by atoms with Gasteiger partial charge in [-0.05, 0) is 30.7 Å². The number of furan rings is 1. The molecule has 0 amide bonds. The third-order valence-corrected chi connectivity index (χ3v) is 3.40.